The van der Waals surface area contributed by atoms with E-state index in [1.807, 2.05) is 40.2 Å². The highest BCUT2D eigenvalue weighted by Gasteiger charge is 2.27. The van der Waals surface area contributed by atoms with Crippen LogP contribution < -0.4 is 10.2 Å². The van der Waals surface area contributed by atoms with Gasteiger partial charge in [0.25, 0.3) is 5.91 Å². The van der Waals surface area contributed by atoms with Gasteiger partial charge in [0, 0.05) is 44.9 Å². The molecular weight excluding hydrogens is 480 g/mol. The molecule has 0 fully saturated rings. The number of aryl methyl sites for hydroxylation is 2. The van der Waals surface area contributed by atoms with E-state index in [9.17, 15) is 9.59 Å². The van der Waals surface area contributed by atoms with Crippen LogP contribution in [0.4, 0.5) is 5.69 Å². The molecule has 1 aromatic heterocycles. The Labute approximate surface area is 224 Å². The van der Waals surface area contributed by atoms with Crippen LogP contribution in [0, 0.1) is 6.92 Å². The fourth-order valence-electron chi connectivity index (χ4n) is 4.72. The first-order chi connectivity index (χ1) is 18.4. The summed E-state index contributed by atoms with van der Waals surface area (Å²) in [7, 11) is 1.80. The van der Waals surface area contributed by atoms with Crippen LogP contribution in [0.2, 0.25) is 0 Å². The van der Waals surface area contributed by atoms with Crippen LogP contribution in [0.5, 0.6) is 0 Å². The summed E-state index contributed by atoms with van der Waals surface area (Å²) in [6.45, 7) is 8.08. The first kappa shape index (κ1) is 27.3. The molecule has 1 N–H and O–H groups in total. The van der Waals surface area contributed by atoms with Crippen molar-refractivity contribution in [3.63, 3.8) is 0 Å². The van der Waals surface area contributed by atoms with Crippen molar-refractivity contribution in [1.82, 2.24) is 25.5 Å². The number of hydrogen-bond donors (Lipinski definition) is 1. The molecule has 3 aromatic rings. The smallest absolute Gasteiger partial charge is 0.256 e. The van der Waals surface area contributed by atoms with Crippen LogP contribution >= 0.6 is 0 Å². The number of nitrogens with one attached hydrogen (secondary N) is 1. The second-order valence-corrected chi connectivity index (χ2v) is 9.76. The third kappa shape index (κ3) is 6.58. The Morgan fingerprint density at radius 3 is 2.42 bits per heavy atom. The maximum absolute atomic E-state index is 13.6. The van der Waals surface area contributed by atoms with Gasteiger partial charge in [0.15, 0.2) is 0 Å². The van der Waals surface area contributed by atoms with Crippen LogP contribution in [0.15, 0.2) is 47.0 Å². The number of fused-ring (bicyclic) bond motifs is 1. The maximum atomic E-state index is 13.6. The molecule has 0 aliphatic carbocycles. The number of benzene rings is 2. The summed E-state index contributed by atoms with van der Waals surface area (Å²) in [6, 6.07) is 14.2. The van der Waals surface area contributed by atoms with E-state index in [2.05, 4.69) is 41.4 Å². The Morgan fingerprint density at radius 2 is 1.79 bits per heavy atom. The van der Waals surface area contributed by atoms with Crippen molar-refractivity contribution in [3.8, 4) is 11.4 Å². The van der Waals surface area contributed by atoms with E-state index in [1.54, 1.807) is 19.0 Å². The number of hydrogen-bond acceptors (Lipinski definition) is 7. The van der Waals surface area contributed by atoms with Gasteiger partial charge in [0.2, 0.25) is 17.6 Å². The van der Waals surface area contributed by atoms with Gasteiger partial charge in [0.1, 0.15) is 0 Å². The molecule has 0 saturated carbocycles. The number of amides is 2. The standard InChI is InChI=1S/C29H38N6O3/c1-5-7-10-15-30-27(36)19-34(20-28(37)33(4)35-17-24-11-8-9-12-25(24)18-35)26-16-23(14-13-22(26)6-2)29-31-21(3)38-32-29/h8-9,11-14,16H,5-7,10,15,17-20H2,1-4H3,(H,30,36). The van der Waals surface area contributed by atoms with E-state index >= 15 is 0 Å². The molecule has 0 radical (unpaired) electrons. The minimum Gasteiger partial charge on any atom is -0.355 e. The highest BCUT2D eigenvalue weighted by atomic mass is 16.5. The summed E-state index contributed by atoms with van der Waals surface area (Å²) in [5, 5.41) is 10.8. The monoisotopic (exact) mass is 518 g/mol. The van der Waals surface area contributed by atoms with E-state index in [1.165, 1.54) is 11.1 Å². The minimum absolute atomic E-state index is 0.0629. The summed E-state index contributed by atoms with van der Waals surface area (Å²) in [5.74, 6) is 0.772. The number of nitrogens with zero attached hydrogens (tertiary/aromatic N) is 5. The summed E-state index contributed by atoms with van der Waals surface area (Å²) in [6.07, 6.45) is 3.84. The molecule has 2 amide bonds. The van der Waals surface area contributed by atoms with Gasteiger partial charge < -0.3 is 14.7 Å². The number of unbranched alkanes of at least 4 members (excludes halogenated alkanes) is 2. The second-order valence-electron chi connectivity index (χ2n) is 9.76. The van der Waals surface area contributed by atoms with Crippen LogP contribution in [0.25, 0.3) is 11.4 Å². The van der Waals surface area contributed by atoms with Crippen molar-refractivity contribution in [2.24, 2.45) is 0 Å². The van der Waals surface area contributed by atoms with Gasteiger partial charge in [-0.2, -0.15) is 4.98 Å². The molecule has 0 bridgehead atoms. The van der Waals surface area contributed by atoms with E-state index in [0.717, 1.165) is 42.5 Å². The summed E-state index contributed by atoms with van der Waals surface area (Å²) >= 11 is 0. The molecule has 9 heteroatoms. The zero-order valence-corrected chi connectivity index (χ0v) is 22.9. The third-order valence-corrected chi connectivity index (χ3v) is 6.97. The molecule has 0 atom stereocenters. The highest BCUT2D eigenvalue weighted by molar-refractivity contribution is 5.87. The molecule has 0 spiro atoms. The minimum atomic E-state index is -0.104. The van der Waals surface area contributed by atoms with Crippen molar-refractivity contribution in [1.29, 1.82) is 0 Å². The van der Waals surface area contributed by atoms with Crippen molar-refractivity contribution in [2.45, 2.75) is 59.5 Å². The molecule has 1 aliphatic rings. The predicted octanol–water partition coefficient (Wildman–Crippen LogP) is 4.11. The van der Waals surface area contributed by atoms with Crippen molar-refractivity contribution in [3.05, 3.63) is 65.0 Å². The average molecular weight is 519 g/mol. The van der Waals surface area contributed by atoms with E-state index < -0.39 is 0 Å². The number of carbonyl (C=O) groups excluding carboxylic acids is 2. The van der Waals surface area contributed by atoms with E-state index in [4.69, 9.17) is 4.52 Å². The van der Waals surface area contributed by atoms with Crippen LogP contribution in [-0.2, 0) is 29.1 Å². The Morgan fingerprint density at radius 1 is 1.05 bits per heavy atom. The lowest BCUT2D eigenvalue weighted by atomic mass is 10.0. The normalized spacial score (nSPS) is 12.8. The lowest BCUT2D eigenvalue weighted by Crippen LogP contribution is -2.48. The predicted molar refractivity (Wildman–Crippen MR) is 147 cm³/mol. The van der Waals surface area contributed by atoms with E-state index in [-0.39, 0.29) is 24.9 Å². The molecular formula is C29H38N6O3. The largest absolute Gasteiger partial charge is 0.355 e. The zero-order valence-electron chi connectivity index (χ0n) is 22.9. The fraction of sp³-hybridized carbons (Fsp3) is 0.448. The first-order valence-electron chi connectivity index (χ1n) is 13.4. The molecule has 4 rings (SSSR count). The van der Waals surface area contributed by atoms with Gasteiger partial charge in [-0.1, -0.05) is 68.2 Å². The molecule has 0 saturated heterocycles. The molecule has 1 aliphatic heterocycles. The molecule has 9 nitrogen and oxygen atoms in total. The van der Waals surface area contributed by atoms with Crippen LogP contribution in [0.1, 0.15) is 55.7 Å². The SMILES string of the molecule is CCCCCNC(=O)CN(CC(=O)N(C)N1Cc2ccccc2C1)c1cc(-c2noc(C)n2)ccc1CC. The van der Waals surface area contributed by atoms with Crippen molar-refractivity contribution >= 4 is 17.5 Å². The number of anilines is 1. The summed E-state index contributed by atoms with van der Waals surface area (Å²) < 4.78 is 5.18. The van der Waals surface area contributed by atoms with E-state index in [0.29, 0.717) is 31.3 Å². The van der Waals surface area contributed by atoms with Gasteiger partial charge >= 0.3 is 0 Å². The molecule has 38 heavy (non-hydrogen) atoms. The Hall–Kier alpha value is -3.72. The number of likely N-dealkylation sites (N-methyl/N-ethyl adjacent to an activating group) is 1. The molecule has 0 unspecified atom stereocenters. The van der Waals surface area contributed by atoms with Crippen LogP contribution in [0.3, 0.4) is 0 Å². The number of hydrazine groups is 1. The Bertz CT molecular complexity index is 1230. The van der Waals surface area contributed by atoms with Crippen LogP contribution in [-0.4, -0.2) is 58.7 Å². The quantitative estimate of drug-likeness (QED) is 0.361. The van der Waals surface area contributed by atoms with Gasteiger partial charge in [-0.25, -0.2) is 5.01 Å². The van der Waals surface area contributed by atoms with Gasteiger partial charge in [0.05, 0.1) is 13.1 Å². The third-order valence-electron chi connectivity index (χ3n) is 6.97. The number of aromatic nitrogens is 2. The number of rotatable bonds is 12. The van der Waals surface area contributed by atoms with Gasteiger partial charge in [-0.3, -0.25) is 14.6 Å². The highest BCUT2D eigenvalue weighted by Crippen LogP contribution is 2.28. The summed E-state index contributed by atoms with van der Waals surface area (Å²) in [4.78, 5) is 32.8. The van der Waals surface area contributed by atoms with Crippen molar-refractivity contribution < 1.29 is 14.1 Å². The topological polar surface area (TPSA) is 94.8 Å². The van der Waals surface area contributed by atoms with Gasteiger partial charge in [-0.15, -0.1) is 0 Å². The Balaban J connectivity index is 1.56. The molecule has 2 heterocycles. The number of carbonyl (C=O) groups is 2. The lowest BCUT2D eigenvalue weighted by molar-refractivity contribution is -0.145. The van der Waals surface area contributed by atoms with Crippen molar-refractivity contribution in [2.75, 3.05) is 31.6 Å². The fourth-order valence-corrected chi connectivity index (χ4v) is 4.72. The Kier molecular flexibility index (Phi) is 9.12. The zero-order chi connectivity index (χ0) is 27.1. The van der Waals surface area contributed by atoms with Gasteiger partial charge in [-0.05, 0) is 35.6 Å². The molecule has 2 aromatic carbocycles. The average Bonchev–Trinajstić information content (AvgIpc) is 3.56. The second kappa shape index (κ2) is 12.7. The maximum Gasteiger partial charge on any atom is 0.256 e. The lowest BCUT2D eigenvalue weighted by Gasteiger charge is -2.32. The first-order valence-corrected chi connectivity index (χ1v) is 13.4. The molecule has 202 valence electrons. The summed E-state index contributed by atoms with van der Waals surface area (Å²) in [5.41, 5.74) is 5.09.